The Kier molecular flexibility index (Phi) is 2.21. The Hall–Kier alpha value is -1.69. The van der Waals surface area contributed by atoms with Crippen molar-refractivity contribution in [1.82, 2.24) is 24.5 Å². The van der Waals surface area contributed by atoms with Crippen LogP contribution in [-0.4, -0.2) is 32.3 Å². The van der Waals surface area contributed by atoms with Gasteiger partial charge in [0.25, 0.3) is 0 Å². The van der Waals surface area contributed by atoms with Crippen LogP contribution in [0.5, 0.6) is 0 Å². The molecule has 2 aromatic rings. The first-order valence-electron chi connectivity index (χ1n) is 5.44. The topological polar surface area (TPSA) is 64.2 Å². The summed E-state index contributed by atoms with van der Waals surface area (Å²) in [6, 6.07) is 0. The minimum atomic E-state index is -0.0790. The highest BCUT2D eigenvalue weighted by Gasteiger charge is 2.17. The van der Waals surface area contributed by atoms with Crippen molar-refractivity contribution in [2.45, 2.75) is 13.0 Å². The van der Waals surface area contributed by atoms with Crippen molar-refractivity contribution < 1.29 is 0 Å². The Bertz CT molecular complexity index is 554. The van der Waals surface area contributed by atoms with Gasteiger partial charge in [-0.05, 0) is 25.4 Å². The molecule has 1 aliphatic rings. The maximum absolute atomic E-state index is 11.9. The van der Waals surface area contributed by atoms with Gasteiger partial charge in [-0.15, -0.1) is 5.10 Å². The van der Waals surface area contributed by atoms with Gasteiger partial charge in [-0.2, -0.15) is 0 Å². The Labute approximate surface area is 91.9 Å². The van der Waals surface area contributed by atoms with Gasteiger partial charge in [0, 0.05) is 18.9 Å². The van der Waals surface area contributed by atoms with E-state index in [2.05, 4.69) is 15.4 Å². The molecular weight excluding hydrogens is 206 g/mol. The van der Waals surface area contributed by atoms with Crippen LogP contribution in [0.25, 0.3) is 5.65 Å². The fraction of sp³-hybridized carbons (Fsp3) is 0.500. The number of hydrogen-bond donors (Lipinski definition) is 1. The van der Waals surface area contributed by atoms with Gasteiger partial charge >= 0.3 is 5.69 Å². The Balaban J connectivity index is 1.85. The Morgan fingerprint density at radius 1 is 1.50 bits per heavy atom. The summed E-state index contributed by atoms with van der Waals surface area (Å²) in [5.41, 5.74) is 0.531. The van der Waals surface area contributed by atoms with E-state index in [9.17, 15) is 4.79 Å². The van der Waals surface area contributed by atoms with Gasteiger partial charge < -0.3 is 5.32 Å². The number of aromatic nitrogens is 4. The van der Waals surface area contributed by atoms with Crippen LogP contribution >= 0.6 is 0 Å². The summed E-state index contributed by atoms with van der Waals surface area (Å²) < 4.78 is 3.04. The SMILES string of the molecule is O=c1n(CCC2CNC2)nc2cnccn12. The monoisotopic (exact) mass is 219 g/mol. The Morgan fingerprint density at radius 3 is 3.06 bits per heavy atom. The van der Waals surface area contributed by atoms with Crippen molar-refractivity contribution in [1.29, 1.82) is 0 Å². The predicted octanol–water partition coefficient (Wildman–Crippen LogP) is -0.500. The Morgan fingerprint density at radius 2 is 2.38 bits per heavy atom. The zero-order valence-electron chi connectivity index (χ0n) is 8.83. The second kappa shape index (κ2) is 3.71. The van der Waals surface area contributed by atoms with Crippen LogP contribution in [-0.2, 0) is 6.54 Å². The van der Waals surface area contributed by atoms with Crippen LogP contribution in [0.15, 0.2) is 23.4 Å². The predicted molar refractivity (Wildman–Crippen MR) is 58.2 cm³/mol. The molecule has 0 bridgehead atoms. The lowest BCUT2D eigenvalue weighted by molar-refractivity contribution is 0.305. The summed E-state index contributed by atoms with van der Waals surface area (Å²) in [7, 11) is 0. The van der Waals surface area contributed by atoms with Crippen molar-refractivity contribution in [2.24, 2.45) is 5.92 Å². The zero-order valence-corrected chi connectivity index (χ0v) is 8.83. The highest BCUT2D eigenvalue weighted by atomic mass is 16.2. The molecule has 0 unspecified atom stereocenters. The summed E-state index contributed by atoms with van der Waals surface area (Å²) in [6.07, 6.45) is 5.84. The third kappa shape index (κ3) is 1.51. The van der Waals surface area contributed by atoms with Crippen LogP contribution in [0, 0.1) is 5.92 Å². The summed E-state index contributed by atoms with van der Waals surface area (Å²) in [6.45, 7) is 2.81. The van der Waals surface area contributed by atoms with Crippen LogP contribution in [0.1, 0.15) is 6.42 Å². The molecule has 3 rings (SSSR count). The van der Waals surface area contributed by atoms with E-state index in [4.69, 9.17) is 0 Å². The molecule has 1 aliphatic heterocycles. The van der Waals surface area contributed by atoms with Gasteiger partial charge in [-0.3, -0.25) is 4.98 Å². The lowest BCUT2D eigenvalue weighted by Crippen LogP contribution is -2.42. The fourth-order valence-corrected chi connectivity index (χ4v) is 1.88. The molecule has 0 atom stereocenters. The molecule has 0 amide bonds. The number of rotatable bonds is 3. The van der Waals surface area contributed by atoms with Gasteiger partial charge in [0.1, 0.15) is 0 Å². The third-order valence-electron chi connectivity index (χ3n) is 3.00. The smallest absolute Gasteiger partial charge is 0.316 e. The van der Waals surface area contributed by atoms with Crippen LogP contribution in [0.4, 0.5) is 0 Å². The summed E-state index contributed by atoms with van der Waals surface area (Å²) >= 11 is 0. The number of nitrogens with one attached hydrogen (secondary N) is 1. The zero-order chi connectivity index (χ0) is 11.0. The standard InChI is InChI=1S/C10H13N5O/c16-10-14-4-2-11-7-9(14)13-15(10)3-1-8-5-12-6-8/h2,4,7-8,12H,1,3,5-6H2. The van der Waals surface area contributed by atoms with Crippen molar-refractivity contribution >= 4 is 5.65 Å². The minimum Gasteiger partial charge on any atom is -0.316 e. The maximum Gasteiger partial charge on any atom is 0.350 e. The van der Waals surface area contributed by atoms with E-state index >= 15 is 0 Å². The second-order valence-corrected chi connectivity index (χ2v) is 4.12. The van der Waals surface area contributed by atoms with E-state index in [1.54, 1.807) is 18.6 Å². The van der Waals surface area contributed by atoms with Crippen molar-refractivity contribution in [3.05, 3.63) is 29.1 Å². The van der Waals surface area contributed by atoms with E-state index in [1.807, 2.05) is 0 Å². The lowest BCUT2D eigenvalue weighted by Gasteiger charge is -2.26. The molecule has 6 heteroatoms. The first kappa shape index (κ1) is 9.53. The van der Waals surface area contributed by atoms with Crippen molar-refractivity contribution in [2.75, 3.05) is 13.1 Å². The second-order valence-electron chi connectivity index (χ2n) is 4.12. The molecule has 6 nitrogen and oxygen atoms in total. The molecule has 84 valence electrons. The molecule has 0 radical (unpaired) electrons. The quantitative estimate of drug-likeness (QED) is 0.756. The maximum atomic E-state index is 11.9. The van der Waals surface area contributed by atoms with Gasteiger partial charge in [0.05, 0.1) is 6.20 Å². The first-order valence-corrected chi connectivity index (χ1v) is 5.44. The van der Waals surface area contributed by atoms with E-state index in [1.165, 1.54) is 9.08 Å². The normalized spacial score (nSPS) is 16.5. The molecule has 1 N–H and O–H groups in total. The lowest BCUT2D eigenvalue weighted by atomic mass is 10.00. The van der Waals surface area contributed by atoms with Crippen LogP contribution < -0.4 is 11.0 Å². The molecule has 0 aliphatic carbocycles. The van der Waals surface area contributed by atoms with E-state index in [0.29, 0.717) is 18.1 Å². The van der Waals surface area contributed by atoms with Crippen LogP contribution in [0.2, 0.25) is 0 Å². The van der Waals surface area contributed by atoms with E-state index in [-0.39, 0.29) is 5.69 Å². The molecule has 1 fully saturated rings. The molecule has 2 aromatic heterocycles. The highest BCUT2D eigenvalue weighted by molar-refractivity contribution is 5.31. The fourth-order valence-electron chi connectivity index (χ4n) is 1.88. The number of fused-ring (bicyclic) bond motifs is 1. The average Bonchev–Trinajstić information content (AvgIpc) is 2.55. The minimum absolute atomic E-state index is 0.0790. The largest absolute Gasteiger partial charge is 0.350 e. The van der Waals surface area contributed by atoms with E-state index < -0.39 is 0 Å². The van der Waals surface area contributed by atoms with Gasteiger partial charge in [0.15, 0.2) is 5.65 Å². The summed E-state index contributed by atoms with van der Waals surface area (Å²) in [5.74, 6) is 0.690. The van der Waals surface area contributed by atoms with Crippen LogP contribution in [0.3, 0.4) is 0 Å². The van der Waals surface area contributed by atoms with Crippen molar-refractivity contribution in [3.8, 4) is 0 Å². The number of nitrogens with zero attached hydrogens (tertiary/aromatic N) is 4. The molecule has 1 saturated heterocycles. The molecule has 0 aromatic carbocycles. The molecule has 16 heavy (non-hydrogen) atoms. The highest BCUT2D eigenvalue weighted by Crippen LogP contribution is 2.08. The molecular formula is C10H13N5O. The molecule has 0 spiro atoms. The first-order chi connectivity index (χ1) is 7.84. The van der Waals surface area contributed by atoms with Gasteiger partial charge in [0.2, 0.25) is 0 Å². The summed E-state index contributed by atoms with van der Waals surface area (Å²) in [4.78, 5) is 15.8. The van der Waals surface area contributed by atoms with Gasteiger partial charge in [-0.25, -0.2) is 13.9 Å². The number of aryl methyl sites for hydroxylation is 1. The molecule has 3 heterocycles. The summed E-state index contributed by atoms with van der Waals surface area (Å²) in [5, 5.41) is 7.44. The van der Waals surface area contributed by atoms with Gasteiger partial charge in [-0.1, -0.05) is 0 Å². The van der Waals surface area contributed by atoms with Crippen molar-refractivity contribution in [3.63, 3.8) is 0 Å². The van der Waals surface area contributed by atoms with E-state index in [0.717, 1.165) is 19.5 Å². The third-order valence-corrected chi connectivity index (χ3v) is 3.00. The number of hydrogen-bond acceptors (Lipinski definition) is 4. The average molecular weight is 219 g/mol. The molecule has 0 saturated carbocycles.